The topological polar surface area (TPSA) is 110 Å². The molecule has 7 nitrogen and oxygen atoms in total. The van der Waals surface area contributed by atoms with Crippen LogP contribution in [-0.4, -0.2) is 28.5 Å². The second kappa shape index (κ2) is 4.42. The molecule has 4 N–H and O–H groups in total. The molecule has 0 radical (unpaired) electrons. The largest absolute Gasteiger partial charge is 0.327 e. The van der Waals surface area contributed by atoms with Crippen LogP contribution < -0.4 is 16.4 Å². The van der Waals surface area contributed by atoms with E-state index in [4.69, 9.17) is 5.73 Å². The highest BCUT2D eigenvalue weighted by atomic mass is 35.5. The lowest BCUT2D eigenvalue weighted by Gasteiger charge is -2.22. The maximum absolute atomic E-state index is 11.6. The Balaban J connectivity index is 0.00000128. The third-order valence-electron chi connectivity index (χ3n) is 2.25. The number of nitrogens with zero attached hydrogens (tertiary/aromatic N) is 2. The minimum atomic E-state index is -1.29. The number of hydrogen-bond acceptors (Lipinski definition) is 5. The normalized spacial score (nSPS) is 23.3. The van der Waals surface area contributed by atoms with Crippen LogP contribution in [0.15, 0.2) is 18.6 Å². The maximum Gasteiger partial charge on any atom is 0.322 e. The summed E-state index contributed by atoms with van der Waals surface area (Å²) in [4.78, 5) is 30.5. The molecule has 0 bridgehead atoms. The van der Waals surface area contributed by atoms with E-state index in [0.29, 0.717) is 5.69 Å². The average Bonchev–Trinajstić information content (AvgIpc) is 2.56. The molecule has 1 aromatic rings. The van der Waals surface area contributed by atoms with Crippen molar-refractivity contribution >= 4 is 24.3 Å². The van der Waals surface area contributed by atoms with Crippen LogP contribution in [0.2, 0.25) is 0 Å². The molecule has 1 aliphatic rings. The highest BCUT2D eigenvalue weighted by Crippen LogP contribution is 2.20. The van der Waals surface area contributed by atoms with E-state index in [0.717, 1.165) is 0 Å². The van der Waals surface area contributed by atoms with Crippen molar-refractivity contribution in [3.05, 3.63) is 24.3 Å². The Morgan fingerprint density at radius 1 is 1.38 bits per heavy atom. The number of hydrogen-bond donors (Lipinski definition) is 3. The standard InChI is InChI=1S/C8H9N5O2.ClH/c9-4-8(5-3-10-1-2-11-5)6(14)12-7(15)13-8;/h1-3H,4,9H2,(H2,12,13,14,15);1H. The summed E-state index contributed by atoms with van der Waals surface area (Å²) in [7, 11) is 0. The van der Waals surface area contributed by atoms with Crippen LogP contribution in [0.1, 0.15) is 5.69 Å². The van der Waals surface area contributed by atoms with Gasteiger partial charge in [0.25, 0.3) is 5.91 Å². The Bertz CT molecular complexity index is 412. The molecule has 0 aromatic carbocycles. The summed E-state index contributed by atoms with van der Waals surface area (Å²) in [6.45, 7) is -0.0662. The van der Waals surface area contributed by atoms with Gasteiger partial charge in [-0.1, -0.05) is 0 Å². The molecule has 3 amide bonds. The van der Waals surface area contributed by atoms with Gasteiger partial charge in [0, 0.05) is 18.9 Å². The first-order valence-electron chi connectivity index (χ1n) is 4.29. The monoisotopic (exact) mass is 243 g/mol. The molecule has 2 rings (SSSR count). The summed E-state index contributed by atoms with van der Waals surface area (Å²) in [5.41, 5.74) is 4.55. The molecule has 1 saturated heterocycles. The minimum absolute atomic E-state index is 0. The zero-order chi connectivity index (χ0) is 10.9. The van der Waals surface area contributed by atoms with Crippen LogP contribution >= 0.6 is 12.4 Å². The molecular weight excluding hydrogens is 234 g/mol. The molecule has 0 spiro atoms. The van der Waals surface area contributed by atoms with Crippen molar-refractivity contribution in [1.82, 2.24) is 20.6 Å². The molecule has 16 heavy (non-hydrogen) atoms. The molecule has 1 aliphatic heterocycles. The second-order valence-electron chi connectivity index (χ2n) is 3.11. The lowest BCUT2D eigenvalue weighted by Crippen LogP contribution is -2.50. The van der Waals surface area contributed by atoms with E-state index in [1.165, 1.54) is 18.6 Å². The van der Waals surface area contributed by atoms with E-state index >= 15 is 0 Å². The van der Waals surface area contributed by atoms with Crippen molar-refractivity contribution in [2.45, 2.75) is 5.54 Å². The van der Waals surface area contributed by atoms with Crippen molar-refractivity contribution in [3.8, 4) is 0 Å². The first-order chi connectivity index (χ1) is 7.19. The fraction of sp³-hybridized carbons (Fsp3) is 0.250. The van der Waals surface area contributed by atoms with Crippen LogP contribution in [0.25, 0.3) is 0 Å². The molecule has 1 unspecified atom stereocenters. The number of imide groups is 1. The number of rotatable bonds is 2. The lowest BCUT2D eigenvalue weighted by molar-refractivity contribution is -0.124. The van der Waals surface area contributed by atoms with Gasteiger partial charge in [0.2, 0.25) is 0 Å². The molecular formula is C8H10ClN5O2. The van der Waals surface area contributed by atoms with E-state index in [9.17, 15) is 9.59 Å². The average molecular weight is 244 g/mol. The molecule has 1 atom stereocenters. The van der Waals surface area contributed by atoms with E-state index in [1.807, 2.05) is 0 Å². The predicted octanol–water partition coefficient (Wildman–Crippen LogP) is -1.11. The number of amides is 3. The SMILES string of the molecule is Cl.NCC1(c2cnccn2)NC(=O)NC1=O. The molecule has 1 fully saturated rings. The van der Waals surface area contributed by atoms with Gasteiger partial charge < -0.3 is 11.1 Å². The molecule has 0 saturated carbocycles. The minimum Gasteiger partial charge on any atom is -0.327 e. The van der Waals surface area contributed by atoms with Crippen molar-refractivity contribution in [2.75, 3.05) is 6.54 Å². The first-order valence-corrected chi connectivity index (χ1v) is 4.29. The Hall–Kier alpha value is -1.73. The smallest absolute Gasteiger partial charge is 0.322 e. The number of halogens is 1. The number of carbonyl (C=O) groups excluding carboxylic acids is 2. The van der Waals surface area contributed by atoms with Gasteiger partial charge in [-0.25, -0.2) is 4.79 Å². The lowest BCUT2D eigenvalue weighted by atomic mass is 9.96. The predicted molar refractivity (Wildman–Crippen MR) is 56.7 cm³/mol. The fourth-order valence-electron chi connectivity index (χ4n) is 1.44. The molecule has 8 heteroatoms. The molecule has 2 heterocycles. The third kappa shape index (κ3) is 1.70. The number of urea groups is 1. The van der Waals surface area contributed by atoms with E-state index in [2.05, 4.69) is 20.6 Å². The summed E-state index contributed by atoms with van der Waals surface area (Å²) < 4.78 is 0. The Morgan fingerprint density at radius 2 is 2.12 bits per heavy atom. The highest BCUT2D eigenvalue weighted by molar-refractivity contribution is 6.07. The number of nitrogens with two attached hydrogens (primary N) is 1. The van der Waals surface area contributed by atoms with Crippen LogP contribution in [0, 0.1) is 0 Å². The Morgan fingerprint density at radius 3 is 2.56 bits per heavy atom. The van der Waals surface area contributed by atoms with Crippen LogP contribution in [0.5, 0.6) is 0 Å². The zero-order valence-electron chi connectivity index (χ0n) is 8.14. The number of carbonyl (C=O) groups is 2. The quantitative estimate of drug-likeness (QED) is 0.571. The summed E-state index contributed by atoms with van der Waals surface area (Å²) >= 11 is 0. The number of nitrogens with one attached hydrogen (secondary N) is 2. The van der Waals surface area contributed by atoms with Gasteiger partial charge in [-0.15, -0.1) is 12.4 Å². The van der Waals surface area contributed by atoms with Crippen molar-refractivity contribution < 1.29 is 9.59 Å². The Kier molecular flexibility index (Phi) is 3.41. The summed E-state index contributed by atoms with van der Waals surface area (Å²) in [6.07, 6.45) is 4.31. The van der Waals surface area contributed by atoms with Crippen molar-refractivity contribution in [3.63, 3.8) is 0 Å². The second-order valence-corrected chi connectivity index (χ2v) is 3.11. The molecule has 86 valence electrons. The first kappa shape index (κ1) is 12.3. The molecule has 0 aliphatic carbocycles. The van der Waals surface area contributed by atoms with Crippen molar-refractivity contribution in [1.29, 1.82) is 0 Å². The summed E-state index contributed by atoms with van der Waals surface area (Å²) in [5.74, 6) is -0.504. The van der Waals surface area contributed by atoms with Gasteiger partial charge in [-0.05, 0) is 0 Å². The zero-order valence-corrected chi connectivity index (χ0v) is 8.95. The van der Waals surface area contributed by atoms with Gasteiger partial charge in [0.15, 0.2) is 5.54 Å². The van der Waals surface area contributed by atoms with Gasteiger partial charge in [0.1, 0.15) is 0 Å². The van der Waals surface area contributed by atoms with E-state index < -0.39 is 17.5 Å². The highest BCUT2D eigenvalue weighted by Gasteiger charge is 2.48. The third-order valence-corrected chi connectivity index (χ3v) is 2.25. The number of aromatic nitrogens is 2. The van der Waals surface area contributed by atoms with Gasteiger partial charge in [-0.3, -0.25) is 20.1 Å². The van der Waals surface area contributed by atoms with E-state index in [1.54, 1.807) is 0 Å². The maximum atomic E-state index is 11.6. The molecule has 1 aromatic heterocycles. The van der Waals surface area contributed by atoms with Crippen LogP contribution in [0.3, 0.4) is 0 Å². The van der Waals surface area contributed by atoms with Gasteiger partial charge in [-0.2, -0.15) is 0 Å². The fourth-order valence-corrected chi connectivity index (χ4v) is 1.44. The van der Waals surface area contributed by atoms with Crippen LogP contribution in [0.4, 0.5) is 4.79 Å². The van der Waals surface area contributed by atoms with Gasteiger partial charge >= 0.3 is 6.03 Å². The summed E-state index contributed by atoms with van der Waals surface area (Å²) in [5, 5.41) is 4.58. The van der Waals surface area contributed by atoms with Crippen molar-refractivity contribution in [2.24, 2.45) is 5.73 Å². The Labute approximate surface area is 97.2 Å². The summed E-state index contributed by atoms with van der Waals surface area (Å²) in [6, 6.07) is -0.573. The van der Waals surface area contributed by atoms with Gasteiger partial charge in [0.05, 0.1) is 11.9 Å². The van der Waals surface area contributed by atoms with Crippen LogP contribution in [-0.2, 0) is 10.3 Å². The van der Waals surface area contributed by atoms with E-state index in [-0.39, 0.29) is 19.0 Å².